The molecule has 0 saturated heterocycles. The summed E-state index contributed by atoms with van der Waals surface area (Å²) in [5, 5.41) is 0. The molecule has 5 heteroatoms. The van der Waals surface area contributed by atoms with Crippen LogP contribution in [0, 0.1) is 12.8 Å². The van der Waals surface area contributed by atoms with Gasteiger partial charge in [-0.3, -0.25) is 9.59 Å². The van der Waals surface area contributed by atoms with E-state index in [-0.39, 0.29) is 36.4 Å². The third-order valence-electron chi connectivity index (χ3n) is 6.13. The van der Waals surface area contributed by atoms with E-state index in [1.165, 1.54) is 11.1 Å². The largest absolute Gasteiger partial charge is 0.345 e. The maximum atomic E-state index is 13.4. The second-order valence-electron chi connectivity index (χ2n) is 9.55. The van der Waals surface area contributed by atoms with Gasteiger partial charge >= 0.3 is 0 Å². The molecule has 0 aliphatic heterocycles. The zero-order valence-electron chi connectivity index (χ0n) is 21.0. The number of benzene rings is 1. The van der Waals surface area contributed by atoms with Gasteiger partial charge in [-0.05, 0) is 63.3 Å². The molecule has 1 aromatic heterocycles. The van der Waals surface area contributed by atoms with Gasteiger partial charge in [-0.1, -0.05) is 45.0 Å². The molecular weight excluding hydrogens is 398 g/mol. The van der Waals surface area contributed by atoms with Crippen LogP contribution in [0.1, 0.15) is 71.2 Å². The molecule has 1 heterocycles. The summed E-state index contributed by atoms with van der Waals surface area (Å²) in [4.78, 5) is 29.8. The number of hydrogen-bond acceptors (Lipinski definition) is 2. The number of nitrogens with zero attached hydrogens (tertiary/aromatic N) is 3. The third kappa shape index (κ3) is 6.98. The molecule has 0 aliphatic rings. The summed E-state index contributed by atoms with van der Waals surface area (Å²) < 4.78 is 2.22. The van der Waals surface area contributed by atoms with Gasteiger partial charge in [0.15, 0.2) is 0 Å². The lowest BCUT2D eigenvalue weighted by molar-refractivity contribution is -0.144. The Balaban J connectivity index is 2.21. The van der Waals surface area contributed by atoms with Crippen molar-refractivity contribution in [3.63, 3.8) is 0 Å². The minimum atomic E-state index is -0.00565. The Labute approximate surface area is 194 Å². The number of hydrogen-bond donors (Lipinski definition) is 0. The number of rotatable bonds is 11. The highest BCUT2D eigenvalue weighted by Gasteiger charge is 2.26. The van der Waals surface area contributed by atoms with E-state index in [9.17, 15) is 9.59 Å². The molecule has 0 bridgehead atoms. The highest BCUT2D eigenvalue weighted by Crippen LogP contribution is 2.17. The third-order valence-corrected chi connectivity index (χ3v) is 6.13. The summed E-state index contributed by atoms with van der Waals surface area (Å²) in [5.74, 6) is 0.332. The van der Waals surface area contributed by atoms with Crippen LogP contribution < -0.4 is 0 Å². The van der Waals surface area contributed by atoms with Crippen LogP contribution in [-0.2, 0) is 22.7 Å². The minimum absolute atomic E-state index is 0.00565. The van der Waals surface area contributed by atoms with Crippen LogP contribution in [-0.4, -0.2) is 44.8 Å². The van der Waals surface area contributed by atoms with Crippen LogP contribution in [0.2, 0.25) is 0 Å². The molecule has 176 valence electrons. The predicted molar refractivity (Wildman–Crippen MR) is 131 cm³/mol. The maximum Gasteiger partial charge on any atom is 0.242 e. The predicted octanol–water partition coefficient (Wildman–Crippen LogP) is 5.26. The molecule has 0 radical (unpaired) electrons. The summed E-state index contributed by atoms with van der Waals surface area (Å²) in [7, 11) is 0. The number of carbonyl (C=O) groups excluding carboxylic acids is 2. The average molecular weight is 440 g/mol. The standard InChI is InChI=1S/C27H41N3O2/c1-8-23(7)30(27(32)19-29(21(4)5)26(31)16-20(2)3)18-25-14-11-15-28(25)17-24-13-10-9-12-22(24)6/h9-15,20-21,23H,8,16-19H2,1-7H3/t23-/m0/s1. The molecule has 0 fully saturated rings. The zero-order chi connectivity index (χ0) is 23.8. The molecule has 0 N–H and O–H groups in total. The van der Waals surface area contributed by atoms with Crippen LogP contribution in [0.5, 0.6) is 0 Å². The smallest absolute Gasteiger partial charge is 0.242 e. The molecule has 2 amide bonds. The molecule has 2 rings (SSSR count). The van der Waals surface area contributed by atoms with E-state index in [4.69, 9.17) is 0 Å². The summed E-state index contributed by atoms with van der Waals surface area (Å²) >= 11 is 0. The number of carbonyl (C=O) groups is 2. The molecule has 0 spiro atoms. The molecule has 1 atom stereocenters. The molecule has 0 saturated carbocycles. The minimum Gasteiger partial charge on any atom is -0.345 e. The fourth-order valence-corrected chi connectivity index (χ4v) is 3.86. The van der Waals surface area contributed by atoms with E-state index >= 15 is 0 Å². The lowest BCUT2D eigenvalue weighted by Crippen LogP contribution is -2.48. The maximum absolute atomic E-state index is 13.4. The van der Waals surface area contributed by atoms with Gasteiger partial charge in [0.05, 0.1) is 13.1 Å². The SMILES string of the molecule is CC[C@H](C)N(Cc1cccn1Cc1ccccc1C)C(=O)CN(C(=O)CC(C)C)C(C)C. The van der Waals surface area contributed by atoms with Crippen molar-refractivity contribution in [2.24, 2.45) is 5.92 Å². The molecule has 2 aromatic rings. The van der Waals surface area contributed by atoms with Crippen molar-refractivity contribution >= 4 is 11.8 Å². The van der Waals surface area contributed by atoms with Crippen LogP contribution in [0.25, 0.3) is 0 Å². The Kier molecular flexibility index (Phi) is 9.55. The number of amides is 2. The van der Waals surface area contributed by atoms with Crippen molar-refractivity contribution in [1.29, 1.82) is 0 Å². The van der Waals surface area contributed by atoms with Crippen LogP contribution >= 0.6 is 0 Å². The number of aromatic nitrogens is 1. The normalized spacial score (nSPS) is 12.3. The fourth-order valence-electron chi connectivity index (χ4n) is 3.86. The van der Waals surface area contributed by atoms with Gasteiger partial charge in [-0.25, -0.2) is 0 Å². The first kappa shape index (κ1) is 25.7. The van der Waals surface area contributed by atoms with Gasteiger partial charge in [0.2, 0.25) is 11.8 Å². The topological polar surface area (TPSA) is 45.6 Å². The second kappa shape index (κ2) is 11.9. The van der Waals surface area contributed by atoms with Crippen molar-refractivity contribution in [2.45, 2.75) is 86.5 Å². The summed E-state index contributed by atoms with van der Waals surface area (Å²) in [6.07, 6.45) is 3.41. The molecule has 5 nitrogen and oxygen atoms in total. The lowest BCUT2D eigenvalue weighted by Gasteiger charge is -2.33. The molecule has 32 heavy (non-hydrogen) atoms. The van der Waals surface area contributed by atoms with E-state index < -0.39 is 0 Å². The first-order valence-corrected chi connectivity index (χ1v) is 11.9. The molecule has 0 aliphatic carbocycles. The van der Waals surface area contributed by atoms with Crippen molar-refractivity contribution in [2.75, 3.05) is 6.54 Å². The van der Waals surface area contributed by atoms with Gasteiger partial charge in [0.1, 0.15) is 0 Å². The number of aryl methyl sites for hydroxylation is 1. The van der Waals surface area contributed by atoms with E-state index in [1.54, 1.807) is 4.90 Å². The molecular formula is C27H41N3O2. The fraction of sp³-hybridized carbons (Fsp3) is 0.556. The average Bonchev–Trinajstić information content (AvgIpc) is 3.17. The van der Waals surface area contributed by atoms with Gasteiger partial charge < -0.3 is 14.4 Å². The Morgan fingerprint density at radius 2 is 1.62 bits per heavy atom. The van der Waals surface area contributed by atoms with E-state index in [0.29, 0.717) is 13.0 Å². The first-order chi connectivity index (χ1) is 15.1. The Bertz CT molecular complexity index is 885. The van der Waals surface area contributed by atoms with Gasteiger partial charge in [0, 0.05) is 36.9 Å². The highest BCUT2D eigenvalue weighted by molar-refractivity contribution is 5.85. The van der Waals surface area contributed by atoms with E-state index in [2.05, 4.69) is 61.9 Å². The van der Waals surface area contributed by atoms with Crippen molar-refractivity contribution in [3.05, 3.63) is 59.4 Å². The quantitative estimate of drug-likeness (QED) is 0.480. The summed E-state index contributed by atoms with van der Waals surface area (Å²) in [5.41, 5.74) is 3.64. The van der Waals surface area contributed by atoms with Crippen LogP contribution in [0.4, 0.5) is 0 Å². The van der Waals surface area contributed by atoms with E-state index in [1.807, 2.05) is 38.7 Å². The lowest BCUT2D eigenvalue weighted by atomic mass is 10.1. The highest BCUT2D eigenvalue weighted by atomic mass is 16.2. The van der Waals surface area contributed by atoms with Crippen LogP contribution in [0.3, 0.4) is 0 Å². The monoisotopic (exact) mass is 439 g/mol. The van der Waals surface area contributed by atoms with Gasteiger partial charge in [-0.15, -0.1) is 0 Å². The zero-order valence-corrected chi connectivity index (χ0v) is 21.0. The van der Waals surface area contributed by atoms with E-state index in [0.717, 1.165) is 18.7 Å². The Hall–Kier alpha value is -2.56. The first-order valence-electron chi connectivity index (χ1n) is 11.9. The summed E-state index contributed by atoms with van der Waals surface area (Å²) in [6.45, 7) is 15.8. The Morgan fingerprint density at radius 3 is 2.22 bits per heavy atom. The Morgan fingerprint density at radius 1 is 0.938 bits per heavy atom. The van der Waals surface area contributed by atoms with Crippen molar-refractivity contribution in [1.82, 2.24) is 14.4 Å². The van der Waals surface area contributed by atoms with Gasteiger partial charge in [-0.2, -0.15) is 0 Å². The van der Waals surface area contributed by atoms with Crippen molar-refractivity contribution < 1.29 is 9.59 Å². The molecule has 1 aromatic carbocycles. The summed E-state index contributed by atoms with van der Waals surface area (Å²) in [6, 6.07) is 12.6. The second-order valence-corrected chi connectivity index (χ2v) is 9.55. The van der Waals surface area contributed by atoms with Gasteiger partial charge in [0.25, 0.3) is 0 Å². The van der Waals surface area contributed by atoms with Crippen LogP contribution in [0.15, 0.2) is 42.6 Å². The molecule has 0 unspecified atom stereocenters. The van der Waals surface area contributed by atoms with Crippen molar-refractivity contribution in [3.8, 4) is 0 Å².